The van der Waals surface area contributed by atoms with Crippen molar-refractivity contribution in [3.8, 4) is 11.3 Å². The molecule has 0 fully saturated rings. The third kappa shape index (κ3) is 2.89. The minimum absolute atomic E-state index is 0.0558. The van der Waals surface area contributed by atoms with Gasteiger partial charge < -0.3 is 10.8 Å². The van der Waals surface area contributed by atoms with Crippen LogP contribution >= 0.6 is 0 Å². The largest absolute Gasteiger partial charge is 0.395 e. The van der Waals surface area contributed by atoms with E-state index in [-0.39, 0.29) is 12.6 Å². The number of nitrogens with two attached hydrogens (primary N) is 1. The number of aromatic nitrogens is 3. The quantitative estimate of drug-likeness (QED) is 0.808. The number of aliphatic hydroxyl groups excluding tert-OH is 1. The minimum Gasteiger partial charge on any atom is -0.395 e. The number of nitrogens with zero attached hydrogens (tertiary/aromatic N) is 3. The molecule has 5 nitrogen and oxygen atoms in total. The third-order valence-corrected chi connectivity index (χ3v) is 2.54. The van der Waals surface area contributed by atoms with Crippen molar-refractivity contribution in [3.63, 3.8) is 0 Å². The maximum absolute atomic E-state index is 8.86. The Hall–Kier alpha value is -1.72. The molecule has 17 heavy (non-hydrogen) atoms. The van der Waals surface area contributed by atoms with E-state index in [4.69, 9.17) is 10.8 Å². The highest BCUT2D eigenvalue weighted by Crippen LogP contribution is 2.16. The molecule has 0 aliphatic heterocycles. The number of rotatable bonds is 4. The lowest BCUT2D eigenvalue weighted by molar-refractivity contribution is 0.250. The van der Waals surface area contributed by atoms with E-state index in [0.29, 0.717) is 6.54 Å². The molecule has 1 aromatic heterocycles. The molecule has 0 spiro atoms. The van der Waals surface area contributed by atoms with Crippen molar-refractivity contribution >= 4 is 0 Å². The lowest BCUT2D eigenvalue weighted by atomic mass is 10.1. The van der Waals surface area contributed by atoms with Gasteiger partial charge in [0.05, 0.1) is 19.3 Å². The first-order valence-corrected chi connectivity index (χ1v) is 5.52. The van der Waals surface area contributed by atoms with E-state index in [0.717, 1.165) is 11.3 Å². The fourth-order valence-corrected chi connectivity index (χ4v) is 1.54. The summed E-state index contributed by atoms with van der Waals surface area (Å²) in [7, 11) is 0. The summed E-state index contributed by atoms with van der Waals surface area (Å²) < 4.78 is 1.65. The van der Waals surface area contributed by atoms with Gasteiger partial charge in [-0.15, -0.1) is 5.10 Å². The summed E-state index contributed by atoms with van der Waals surface area (Å²) in [6.07, 6.45) is 1.83. The molecule has 3 N–H and O–H groups in total. The van der Waals surface area contributed by atoms with E-state index in [9.17, 15) is 0 Å². The molecule has 0 unspecified atom stereocenters. The average molecular weight is 232 g/mol. The van der Waals surface area contributed by atoms with Gasteiger partial charge in [-0.1, -0.05) is 35.0 Å². The zero-order valence-corrected chi connectivity index (χ0v) is 9.74. The molecule has 1 heterocycles. The predicted octanol–water partition coefficient (Wildman–Crippen LogP) is 0.573. The molecule has 0 saturated carbocycles. The van der Waals surface area contributed by atoms with Crippen molar-refractivity contribution in [2.45, 2.75) is 19.5 Å². The van der Waals surface area contributed by atoms with Gasteiger partial charge in [0.1, 0.15) is 5.69 Å². The van der Waals surface area contributed by atoms with Gasteiger partial charge in [0, 0.05) is 11.6 Å². The van der Waals surface area contributed by atoms with Crippen molar-refractivity contribution in [2.75, 3.05) is 6.61 Å². The third-order valence-electron chi connectivity index (χ3n) is 2.54. The molecule has 0 radical (unpaired) electrons. The highest BCUT2D eigenvalue weighted by atomic mass is 16.3. The van der Waals surface area contributed by atoms with Gasteiger partial charge in [-0.3, -0.25) is 4.68 Å². The highest BCUT2D eigenvalue weighted by Gasteiger charge is 2.06. The molecule has 0 saturated heterocycles. The second kappa shape index (κ2) is 5.07. The lowest BCUT2D eigenvalue weighted by Crippen LogP contribution is -2.30. The molecule has 0 aliphatic carbocycles. The number of aliphatic hydroxyl groups is 1. The van der Waals surface area contributed by atoms with Crippen molar-refractivity contribution in [1.82, 2.24) is 15.0 Å². The Labute approximate surface area is 99.9 Å². The van der Waals surface area contributed by atoms with E-state index in [1.54, 1.807) is 4.68 Å². The van der Waals surface area contributed by atoms with E-state index in [1.165, 1.54) is 5.56 Å². The highest BCUT2D eigenvalue weighted by molar-refractivity contribution is 5.57. The second-order valence-corrected chi connectivity index (χ2v) is 4.13. The first-order valence-electron chi connectivity index (χ1n) is 5.52. The Morgan fingerprint density at radius 2 is 2.06 bits per heavy atom. The van der Waals surface area contributed by atoms with E-state index in [1.807, 2.05) is 37.4 Å². The Morgan fingerprint density at radius 1 is 1.35 bits per heavy atom. The van der Waals surface area contributed by atoms with Gasteiger partial charge in [-0.25, -0.2) is 0 Å². The topological polar surface area (TPSA) is 77.0 Å². The normalized spacial score (nSPS) is 12.6. The van der Waals surface area contributed by atoms with Crippen LogP contribution in [0, 0.1) is 6.92 Å². The van der Waals surface area contributed by atoms with E-state index in [2.05, 4.69) is 10.3 Å². The first kappa shape index (κ1) is 11.8. The minimum atomic E-state index is -0.303. The van der Waals surface area contributed by atoms with Crippen molar-refractivity contribution in [3.05, 3.63) is 36.0 Å². The second-order valence-electron chi connectivity index (χ2n) is 4.13. The predicted molar refractivity (Wildman–Crippen MR) is 65.3 cm³/mol. The van der Waals surface area contributed by atoms with Crippen LogP contribution in [-0.2, 0) is 6.54 Å². The molecule has 0 aliphatic rings. The average Bonchev–Trinajstić information content (AvgIpc) is 2.78. The van der Waals surface area contributed by atoms with Crippen LogP contribution in [0.4, 0.5) is 0 Å². The van der Waals surface area contributed by atoms with Gasteiger partial charge in [-0.05, 0) is 6.92 Å². The van der Waals surface area contributed by atoms with Crippen molar-refractivity contribution in [1.29, 1.82) is 0 Å². The van der Waals surface area contributed by atoms with Crippen LogP contribution in [0.15, 0.2) is 30.5 Å². The van der Waals surface area contributed by atoms with Crippen molar-refractivity contribution < 1.29 is 5.11 Å². The van der Waals surface area contributed by atoms with Crippen LogP contribution in [0.3, 0.4) is 0 Å². The molecule has 90 valence electrons. The molecule has 0 amide bonds. The van der Waals surface area contributed by atoms with Crippen LogP contribution in [0.5, 0.6) is 0 Å². The maximum Gasteiger partial charge on any atom is 0.113 e. The van der Waals surface area contributed by atoms with E-state index < -0.39 is 0 Å². The van der Waals surface area contributed by atoms with Gasteiger partial charge >= 0.3 is 0 Å². The summed E-state index contributed by atoms with van der Waals surface area (Å²) in [5, 5.41) is 16.9. The number of aryl methyl sites for hydroxylation is 1. The zero-order chi connectivity index (χ0) is 12.3. The molecule has 5 heteroatoms. The van der Waals surface area contributed by atoms with Crippen LogP contribution < -0.4 is 5.73 Å². The van der Waals surface area contributed by atoms with E-state index >= 15 is 0 Å². The first-order chi connectivity index (χ1) is 8.19. The Bertz CT molecular complexity index is 478. The summed E-state index contributed by atoms with van der Waals surface area (Å²) >= 11 is 0. The molecular weight excluding hydrogens is 216 g/mol. The zero-order valence-electron chi connectivity index (χ0n) is 9.74. The Balaban J connectivity index is 2.15. The van der Waals surface area contributed by atoms with Crippen LogP contribution in [0.25, 0.3) is 11.3 Å². The molecule has 1 atom stereocenters. The van der Waals surface area contributed by atoms with Gasteiger partial charge in [0.25, 0.3) is 0 Å². The molecule has 1 aromatic carbocycles. The molecule has 2 aromatic rings. The number of hydrogen-bond donors (Lipinski definition) is 2. The molecule has 2 rings (SSSR count). The Kier molecular flexibility index (Phi) is 3.51. The number of hydrogen-bond acceptors (Lipinski definition) is 4. The van der Waals surface area contributed by atoms with Crippen molar-refractivity contribution in [2.24, 2.45) is 5.73 Å². The summed E-state index contributed by atoms with van der Waals surface area (Å²) in [4.78, 5) is 0. The molecule has 0 bridgehead atoms. The SMILES string of the molecule is Cc1ccc(-c2cn(C[C@@H](N)CO)nn2)cc1. The summed E-state index contributed by atoms with van der Waals surface area (Å²) in [5.41, 5.74) is 8.69. The van der Waals surface area contributed by atoms with Gasteiger partial charge in [0.15, 0.2) is 0 Å². The summed E-state index contributed by atoms with van der Waals surface area (Å²) in [6.45, 7) is 2.45. The lowest BCUT2D eigenvalue weighted by Gasteiger charge is -2.05. The maximum atomic E-state index is 8.86. The van der Waals surface area contributed by atoms with Crippen LogP contribution in [0.1, 0.15) is 5.56 Å². The van der Waals surface area contributed by atoms with Gasteiger partial charge in [-0.2, -0.15) is 0 Å². The summed E-state index contributed by atoms with van der Waals surface area (Å²) in [6, 6.07) is 7.79. The smallest absolute Gasteiger partial charge is 0.113 e. The summed E-state index contributed by atoms with van der Waals surface area (Å²) in [5.74, 6) is 0. The monoisotopic (exact) mass is 232 g/mol. The van der Waals surface area contributed by atoms with Crippen LogP contribution in [-0.4, -0.2) is 32.7 Å². The fourth-order valence-electron chi connectivity index (χ4n) is 1.54. The number of benzene rings is 1. The standard InChI is InChI=1S/C12H16N4O/c1-9-2-4-10(5-3-9)12-7-16(15-14-12)6-11(13)8-17/h2-5,7,11,17H,6,8,13H2,1H3/t11-/m1/s1. The van der Waals surface area contributed by atoms with Gasteiger partial charge in [0.2, 0.25) is 0 Å². The fraction of sp³-hybridized carbons (Fsp3) is 0.333. The molecular formula is C12H16N4O. The Morgan fingerprint density at radius 3 is 2.71 bits per heavy atom. The van der Waals surface area contributed by atoms with Crippen LogP contribution in [0.2, 0.25) is 0 Å².